The number of nitrogens with two attached hydrogens (primary N) is 1. The van der Waals surface area contributed by atoms with E-state index >= 15 is 0 Å². The predicted octanol–water partition coefficient (Wildman–Crippen LogP) is 1.35. The van der Waals surface area contributed by atoms with E-state index in [9.17, 15) is 13.5 Å². The van der Waals surface area contributed by atoms with Gasteiger partial charge in [0.1, 0.15) is 5.75 Å². The summed E-state index contributed by atoms with van der Waals surface area (Å²) >= 11 is 0. The fourth-order valence-electron chi connectivity index (χ4n) is 2.16. The molecule has 0 aliphatic heterocycles. The topological polar surface area (TPSA) is 102 Å². The van der Waals surface area contributed by atoms with Crippen molar-refractivity contribution >= 4 is 15.7 Å². The van der Waals surface area contributed by atoms with Gasteiger partial charge in [-0.15, -0.1) is 0 Å². The fourth-order valence-corrected chi connectivity index (χ4v) is 3.24. The van der Waals surface area contributed by atoms with Crippen LogP contribution in [-0.4, -0.2) is 33.3 Å². The third kappa shape index (κ3) is 4.59. The van der Waals surface area contributed by atoms with E-state index in [2.05, 4.69) is 4.72 Å². The molecule has 1 unspecified atom stereocenters. The SMILES string of the molecule is CCC(CC)C(O)CNS(=O)(=O)c1ccc(OC)c(N)c1. The number of ether oxygens (including phenoxy) is 1. The summed E-state index contributed by atoms with van der Waals surface area (Å²) in [6.45, 7) is 3.92. The van der Waals surface area contributed by atoms with Crippen LogP contribution in [0.25, 0.3) is 0 Å². The summed E-state index contributed by atoms with van der Waals surface area (Å²) in [5, 5.41) is 9.98. The molecule has 1 atom stereocenters. The highest BCUT2D eigenvalue weighted by Gasteiger charge is 2.20. The quantitative estimate of drug-likeness (QED) is 0.628. The van der Waals surface area contributed by atoms with Gasteiger partial charge in [-0.25, -0.2) is 13.1 Å². The van der Waals surface area contributed by atoms with Gasteiger partial charge in [-0.2, -0.15) is 0 Å². The molecule has 0 radical (unpaired) electrons. The lowest BCUT2D eigenvalue weighted by Gasteiger charge is -2.20. The van der Waals surface area contributed by atoms with Crippen molar-refractivity contribution in [2.24, 2.45) is 5.92 Å². The first-order valence-corrected chi connectivity index (χ1v) is 8.45. The van der Waals surface area contributed by atoms with E-state index in [0.29, 0.717) is 5.75 Å². The lowest BCUT2D eigenvalue weighted by molar-refractivity contribution is 0.107. The molecule has 7 heteroatoms. The van der Waals surface area contributed by atoms with E-state index in [1.54, 1.807) is 0 Å². The van der Waals surface area contributed by atoms with Crippen LogP contribution in [0.15, 0.2) is 23.1 Å². The Labute approximate surface area is 126 Å². The van der Waals surface area contributed by atoms with E-state index in [0.717, 1.165) is 12.8 Å². The first-order chi connectivity index (χ1) is 9.85. The number of nitrogen functional groups attached to an aromatic ring is 1. The number of nitrogens with one attached hydrogen (secondary N) is 1. The summed E-state index contributed by atoms with van der Waals surface area (Å²) in [5.74, 6) is 0.500. The van der Waals surface area contributed by atoms with Gasteiger partial charge in [0, 0.05) is 6.54 Å². The standard InChI is InChI=1S/C14H24N2O4S/c1-4-10(5-2)13(17)9-16-21(18,19)11-6-7-14(20-3)12(15)8-11/h6-8,10,13,16-17H,4-5,9,15H2,1-3H3. The van der Waals surface area contributed by atoms with Crippen LogP contribution in [-0.2, 0) is 10.0 Å². The van der Waals surface area contributed by atoms with Crippen LogP contribution in [0.4, 0.5) is 5.69 Å². The van der Waals surface area contributed by atoms with Crippen molar-refractivity contribution in [1.82, 2.24) is 4.72 Å². The monoisotopic (exact) mass is 316 g/mol. The minimum absolute atomic E-state index is 0.0133. The van der Waals surface area contributed by atoms with Gasteiger partial charge in [0.15, 0.2) is 0 Å². The second-order valence-electron chi connectivity index (χ2n) is 4.90. The van der Waals surface area contributed by atoms with Crippen LogP contribution in [0, 0.1) is 5.92 Å². The average Bonchev–Trinajstić information content (AvgIpc) is 2.46. The molecule has 6 nitrogen and oxygen atoms in total. The molecule has 4 N–H and O–H groups in total. The summed E-state index contributed by atoms with van der Waals surface area (Å²) in [7, 11) is -2.24. The molecule has 1 aromatic carbocycles. The first-order valence-electron chi connectivity index (χ1n) is 6.96. The molecule has 0 heterocycles. The number of aliphatic hydroxyl groups is 1. The number of rotatable bonds is 8. The summed E-state index contributed by atoms with van der Waals surface area (Å²) in [4.78, 5) is 0.0533. The number of aliphatic hydroxyl groups excluding tert-OH is 1. The first kappa shape index (κ1) is 17.7. The summed E-state index contributed by atoms with van der Waals surface area (Å²) in [6, 6.07) is 4.26. The normalized spacial score (nSPS) is 13.4. The highest BCUT2D eigenvalue weighted by Crippen LogP contribution is 2.24. The van der Waals surface area contributed by atoms with Crippen molar-refractivity contribution in [1.29, 1.82) is 0 Å². The van der Waals surface area contributed by atoms with Crippen molar-refractivity contribution in [2.75, 3.05) is 19.4 Å². The lowest BCUT2D eigenvalue weighted by Crippen LogP contribution is -2.36. The van der Waals surface area contributed by atoms with E-state index in [1.165, 1.54) is 25.3 Å². The molecule has 0 spiro atoms. The van der Waals surface area contributed by atoms with Crippen molar-refractivity contribution in [3.63, 3.8) is 0 Å². The van der Waals surface area contributed by atoms with Crippen molar-refractivity contribution in [3.8, 4) is 5.75 Å². The Balaban J connectivity index is 2.80. The van der Waals surface area contributed by atoms with Gasteiger partial charge in [-0.05, 0) is 24.1 Å². The Morgan fingerprint density at radius 1 is 1.33 bits per heavy atom. The number of benzene rings is 1. The zero-order valence-electron chi connectivity index (χ0n) is 12.7. The Bertz CT molecular complexity index is 556. The second kappa shape index (κ2) is 7.63. The molecule has 0 bridgehead atoms. The van der Waals surface area contributed by atoms with Crippen LogP contribution in [0.3, 0.4) is 0 Å². The highest BCUT2D eigenvalue weighted by molar-refractivity contribution is 7.89. The largest absolute Gasteiger partial charge is 0.495 e. The van der Waals surface area contributed by atoms with Crippen molar-refractivity contribution in [3.05, 3.63) is 18.2 Å². The number of hydrogen-bond donors (Lipinski definition) is 3. The highest BCUT2D eigenvalue weighted by atomic mass is 32.2. The van der Waals surface area contributed by atoms with Gasteiger partial charge in [0.05, 0.1) is 23.8 Å². The molecule has 1 rings (SSSR count). The lowest BCUT2D eigenvalue weighted by atomic mass is 9.97. The Morgan fingerprint density at radius 2 is 1.95 bits per heavy atom. The number of anilines is 1. The number of sulfonamides is 1. The van der Waals surface area contributed by atoms with Gasteiger partial charge in [0.2, 0.25) is 10.0 Å². The fraction of sp³-hybridized carbons (Fsp3) is 0.571. The van der Waals surface area contributed by atoms with E-state index in [-0.39, 0.29) is 23.0 Å². The van der Waals surface area contributed by atoms with Gasteiger partial charge in [0.25, 0.3) is 0 Å². The molecule has 1 aromatic rings. The molecule has 0 saturated carbocycles. The summed E-state index contributed by atoms with van der Waals surface area (Å²) < 4.78 is 31.7. The molecule has 0 saturated heterocycles. The molecular weight excluding hydrogens is 292 g/mol. The van der Waals surface area contributed by atoms with E-state index in [1.807, 2.05) is 13.8 Å². The zero-order valence-corrected chi connectivity index (χ0v) is 13.5. The van der Waals surface area contributed by atoms with Gasteiger partial charge >= 0.3 is 0 Å². The average molecular weight is 316 g/mol. The second-order valence-corrected chi connectivity index (χ2v) is 6.67. The Morgan fingerprint density at radius 3 is 2.43 bits per heavy atom. The molecular formula is C14H24N2O4S. The molecule has 0 fully saturated rings. The minimum atomic E-state index is -3.70. The third-order valence-electron chi connectivity index (χ3n) is 3.59. The number of methoxy groups -OCH3 is 1. The minimum Gasteiger partial charge on any atom is -0.495 e. The maximum absolute atomic E-state index is 12.2. The molecule has 0 aliphatic carbocycles. The maximum Gasteiger partial charge on any atom is 0.240 e. The molecule has 0 aromatic heterocycles. The third-order valence-corrected chi connectivity index (χ3v) is 5.01. The van der Waals surface area contributed by atoms with Crippen molar-refractivity contribution < 1.29 is 18.3 Å². The zero-order chi connectivity index (χ0) is 16.0. The Hall–Kier alpha value is -1.31. The van der Waals surface area contributed by atoms with E-state index < -0.39 is 16.1 Å². The number of hydrogen-bond acceptors (Lipinski definition) is 5. The summed E-state index contributed by atoms with van der Waals surface area (Å²) in [6.07, 6.45) is 0.898. The molecule has 0 aliphatic rings. The van der Waals surface area contributed by atoms with Crippen LogP contribution in [0.5, 0.6) is 5.75 Å². The van der Waals surface area contributed by atoms with Crippen LogP contribution < -0.4 is 15.2 Å². The molecule has 120 valence electrons. The van der Waals surface area contributed by atoms with Gasteiger partial charge in [-0.3, -0.25) is 0 Å². The van der Waals surface area contributed by atoms with Crippen LogP contribution >= 0.6 is 0 Å². The van der Waals surface area contributed by atoms with Gasteiger partial charge in [-0.1, -0.05) is 26.7 Å². The predicted molar refractivity (Wildman–Crippen MR) is 82.7 cm³/mol. The van der Waals surface area contributed by atoms with Crippen LogP contribution in [0.1, 0.15) is 26.7 Å². The van der Waals surface area contributed by atoms with Crippen molar-refractivity contribution in [2.45, 2.75) is 37.7 Å². The summed E-state index contributed by atoms with van der Waals surface area (Å²) in [5.41, 5.74) is 5.96. The molecule has 21 heavy (non-hydrogen) atoms. The van der Waals surface area contributed by atoms with E-state index in [4.69, 9.17) is 10.5 Å². The maximum atomic E-state index is 12.2. The van der Waals surface area contributed by atoms with Gasteiger partial charge < -0.3 is 15.6 Å². The molecule has 0 amide bonds. The van der Waals surface area contributed by atoms with Crippen LogP contribution in [0.2, 0.25) is 0 Å². The Kier molecular flexibility index (Phi) is 6.44. The smallest absolute Gasteiger partial charge is 0.240 e.